The van der Waals surface area contributed by atoms with Crippen LogP contribution < -0.4 is 5.56 Å². The summed E-state index contributed by atoms with van der Waals surface area (Å²) in [5.41, 5.74) is 2.40. The number of piperidine rings is 1. The summed E-state index contributed by atoms with van der Waals surface area (Å²) in [4.78, 5) is 23.5. The zero-order valence-electron chi connectivity index (χ0n) is 15.0. The van der Waals surface area contributed by atoms with E-state index in [1.54, 1.807) is 12.4 Å². The highest BCUT2D eigenvalue weighted by Gasteiger charge is 2.26. The van der Waals surface area contributed by atoms with Crippen LogP contribution in [-0.4, -0.2) is 43.6 Å². The molecule has 25 heavy (non-hydrogen) atoms. The van der Waals surface area contributed by atoms with Crippen molar-refractivity contribution in [1.82, 2.24) is 24.0 Å². The lowest BCUT2D eigenvalue weighted by Crippen LogP contribution is -2.37. The summed E-state index contributed by atoms with van der Waals surface area (Å²) in [6.45, 7) is 4.13. The van der Waals surface area contributed by atoms with Gasteiger partial charge in [-0.3, -0.25) is 9.36 Å². The summed E-state index contributed by atoms with van der Waals surface area (Å²) >= 11 is 0. The van der Waals surface area contributed by atoms with Gasteiger partial charge in [0.2, 0.25) is 0 Å². The molecule has 0 amide bonds. The van der Waals surface area contributed by atoms with E-state index in [0.29, 0.717) is 11.8 Å². The zero-order valence-corrected chi connectivity index (χ0v) is 15.0. The lowest BCUT2D eigenvalue weighted by Gasteiger charge is -2.32. The Balaban J connectivity index is 1.26. The molecular weight excluding hydrogens is 314 g/mol. The summed E-state index contributed by atoms with van der Waals surface area (Å²) in [5.74, 6) is 1.13. The van der Waals surface area contributed by atoms with E-state index in [1.807, 2.05) is 17.1 Å². The molecular formula is C19H27N5O. The van der Waals surface area contributed by atoms with Crippen LogP contribution in [0.25, 0.3) is 0 Å². The summed E-state index contributed by atoms with van der Waals surface area (Å²) in [6, 6.07) is 1.75. The van der Waals surface area contributed by atoms with Crippen LogP contribution in [0.15, 0.2) is 29.7 Å². The molecule has 6 nitrogen and oxygen atoms in total. The molecule has 1 saturated heterocycles. The Kier molecular flexibility index (Phi) is 4.70. The number of aromatic nitrogens is 4. The Labute approximate surface area is 148 Å². The van der Waals surface area contributed by atoms with Gasteiger partial charge in [-0.05, 0) is 44.7 Å². The van der Waals surface area contributed by atoms with E-state index in [4.69, 9.17) is 0 Å². The van der Waals surface area contributed by atoms with E-state index >= 15 is 0 Å². The van der Waals surface area contributed by atoms with Gasteiger partial charge in [0.25, 0.3) is 5.56 Å². The first-order valence-corrected chi connectivity index (χ1v) is 9.43. The smallest absolute Gasteiger partial charge is 0.253 e. The zero-order chi connectivity index (χ0) is 17.2. The molecule has 1 aliphatic carbocycles. The van der Waals surface area contributed by atoms with E-state index in [1.165, 1.54) is 18.5 Å². The Morgan fingerprint density at radius 3 is 2.60 bits per heavy atom. The van der Waals surface area contributed by atoms with Crippen molar-refractivity contribution < 1.29 is 0 Å². The van der Waals surface area contributed by atoms with E-state index in [2.05, 4.69) is 26.5 Å². The highest BCUT2D eigenvalue weighted by molar-refractivity contribution is 5.12. The standard InChI is InChI=1S/C19H27N5O/c1-22-13-20-11-17(22)6-9-23-7-4-15(5-8-23)12-24-14-21-18(10-19(24)25)16-2-3-16/h10-11,13-16H,2-9,12H2,1H3. The Morgan fingerprint density at radius 1 is 1.16 bits per heavy atom. The van der Waals surface area contributed by atoms with Crippen LogP contribution in [0.5, 0.6) is 0 Å². The van der Waals surface area contributed by atoms with Crippen LogP contribution in [0.2, 0.25) is 0 Å². The largest absolute Gasteiger partial charge is 0.338 e. The maximum Gasteiger partial charge on any atom is 0.253 e. The molecule has 134 valence electrons. The number of imidazole rings is 1. The van der Waals surface area contributed by atoms with Crippen molar-refractivity contribution in [3.63, 3.8) is 0 Å². The van der Waals surface area contributed by atoms with E-state index in [0.717, 1.165) is 51.1 Å². The highest BCUT2D eigenvalue weighted by Crippen LogP contribution is 2.38. The van der Waals surface area contributed by atoms with Crippen LogP contribution >= 0.6 is 0 Å². The van der Waals surface area contributed by atoms with E-state index in [9.17, 15) is 4.79 Å². The topological polar surface area (TPSA) is 56.0 Å². The number of hydrogen-bond donors (Lipinski definition) is 0. The average Bonchev–Trinajstić information content (AvgIpc) is 3.39. The van der Waals surface area contributed by atoms with Crippen molar-refractivity contribution in [2.75, 3.05) is 19.6 Å². The number of hydrogen-bond acceptors (Lipinski definition) is 4. The summed E-state index contributed by atoms with van der Waals surface area (Å²) in [6.07, 6.45) is 11.3. The van der Waals surface area contributed by atoms with Crippen molar-refractivity contribution in [3.05, 3.63) is 46.7 Å². The minimum absolute atomic E-state index is 0.121. The average molecular weight is 341 g/mol. The molecule has 4 rings (SSSR count). The third-order valence-corrected chi connectivity index (χ3v) is 5.66. The normalized spacial score (nSPS) is 19.4. The van der Waals surface area contributed by atoms with E-state index in [-0.39, 0.29) is 5.56 Å². The van der Waals surface area contributed by atoms with Gasteiger partial charge < -0.3 is 9.47 Å². The molecule has 1 saturated carbocycles. The third-order valence-electron chi connectivity index (χ3n) is 5.66. The Bertz CT molecular complexity index is 768. The second-order valence-corrected chi connectivity index (χ2v) is 7.61. The van der Waals surface area contributed by atoms with Crippen molar-refractivity contribution in [3.8, 4) is 0 Å². The van der Waals surface area contributed by atoms with Crippen molar-refractivity contribution in [2.24, 2.45) is 13.0 Å². The van der Waals surface area contributed by atoms with Crippen molar-refractivity contribution >= 4 is 0 Å². The molecule has 2 aromatic rings. The monoisotopic (exact) mass is 341 g/mol. The van der Waals surface area contributed by atoms with Gasteiger partial charge in [-0.1, -0.05) is 0 Å². The van der Waals surface area contributed by atoms with Gasteiger partial charge >= 0.3 is 0 Å². The summed E-state index contributed by atoms with van der Waals surface area (Å²) < 4.78 is 3.90. The molecule has 0 atom stereocenters. The lowest BCUT2D eigenvalue weighted by atomic mass is 9.96. The highest BCUT2D eigenvalue weighted by atomic mass is 16.1. The second kappa shape index (κ2) is 7.12. The first-order chi connectivity index (χ1) is 12.2. The van der Waals surface area contributed by atoms with Crippen molar-refractivity contribution in [2.45, 2.75) is 44.6 Å². The number of nitrogens with zero attached hydrogens (tertiary/aromatic N) is 5. The molecule has 0 aromatic carbocycles. The van der Waals surface area contributed by atoms with E-state index < -0.39 is 0 Å². The van der Waals surface area contributed by atoms with Gasteiger partial charge in [0.15, 0.2) is 0 Å². The fourth-order valence-electron chi connectivity index (χ4n) is 3.75. The molecule has 0 N–H and O–H groups in total. The Hall–Kier alpha value is -1.95. The van der Waals surface area contributed by atoms with Crippen LogP contribution in [-0.2, 0) is 20.0 Å². The van der Waals surface area contributed by atoms with Crippen molar-refractivity contribution in [1.29, 1.82) is 0 Å². The predicted molar refractivity (Wildman–Crippen MR) is 96.5 cm³/mol. The van der Waals surface area contributed by atoms with Crippen LogP contribution in [0, 0.1) is 5.92 Å². The fourth-order valence-corrected chi connectivity index (χ4v) is 3.75. The molecule has 2 fully saturated rings. The molecule has 3 heterocycles. The molecule has 0 unspecified atom stereocenters. The predicted octanol–water partition coefficient (Wildman–Crippen LogP) is 1.81. The number of rotatable bonds is 6. The van der Waals surface area contributed by atoms with Crippen LogP contribution in [0.4, 0.5) is 0 Å². The minimum atomic E-state index is 0.121. The quantitative estimate of drug-likeness (QED) is 0.804. The fraction of sp³-hybridized carbons (Fsp3) is 0.632. The maximum absolute atomic E-state index is 12.3. The third kappa shape index (κ3) is 4.00. The lowest BCUT2D eigenvalue weighted by molar-refractivity contribution is 0.173. The SMILES string of the molecule is Cn1cncc1CCN1CCC(Cn2cnc(C3CC3)cc2=O)CC1. The second-order valence-electron chi connectivity index (χ2n) is 7.61. The Morgan fingerprint density at radius 2 is 1.96 bits per heavy atom. The molecule has 0 bridgehead atoms. The number of likely N-dealkylation sites (tertiary alicyclic amines) is 1. The van der Waals surface area contributed by atoms with Gasteiger partial charge in [-0.25, -0.2) is 9.97 Å². The van der Waals surface area contributed by atoms with Gasteiger partial charge in [0.05, 0.1) is 18.3 Å². The van der Waals surface area contributed by atoms with Gasteiger partial charge in [0, 0.05) is 50.4 Å². The molecule has 1 aliphatic heterocycles. The molecule has 2 aromatic heterocycles. The number of aryl methyl sites for hydroxylation is 1. The molecule has 2 aliphatic rings. The van der Waals surface area contributed by atoms with Crippen LogP contribution in [0.1, 0.15) is 43.0 Å². The summed E-state index contributed by atoms with van der Waals surface area (Å²) in [5, 5.41) is 0. The molecule has 0 radical (unpaired) electrons. The first kappa shape index (κ1) is 16.5. The minimum Gasteiger partial charge on any atom is -0.338 e. The molecule has 6 heteroatoms. The van der Waals surface area contributed by atoms with Gasteiger partial charge in [0.1, 0.15) is 0 Å². The maximum atomic E-state index is 12.3. The van der Waals surface area contributed by atoms with Crippen LogP contribution in [0.3, 0.4) is 0 Å². The van der Waals surface area contributed by atoms with Gasteiger partial charge in [-0.15, -0.1) is 0 Å². The van der Waals surface area contributed by atoms with Gasteiger partial charge in [-0.2, -0.15) is 0 Å². The molecule has 0 spiro atoms. The summed E-state index contributed by atoms with van der Waals surface area (Å²) in [7, 11) is 2.05. The first-order valence-electron chi connectivity index (χ1n) is 9.43.